The Morgan fingerprint density at radius 3 is 2.20 bits per heavy atom. The molecule has 0 aliphatic heterocycles. The van der Waals surface area contributed by atoms with E-state index in [2.05, 4.69) is 15.2 Å². The molecule has 1 aromatic rings. The molecule has 0 aliphatic rings. The molecule has 15 heavy (non-hydrogen) atoms. The lowest BCUT2D eigenvalue weighted by Gasteiger charge is -2.08. The van der Waals surface area contributed by atoms with Crippen LogP contribution in [0.25, 0.3) is 10.4 Å². The lowest BCUT2D eigenvalue weighted by atomic mass is 9.99. The largest absolute Gasteiger partial charge is 0.410 e. The van der Waals surface area contributed by atoms with Crippen LogP contribution in [0, 0.1) is 20.8 Å². The van der Waals surface area contributed by atoms with E-state index >= 15 is 0 Å². The Kier molecular flexibility index (Phi) is 3.31. The van der Waals surface area contributed by atoms with Crippen LogP contribution in [0.1, 0.15) is 22.3 Å². The number of aryl methyl sites for hydroxylation is 3. The van der Waals surface area contributed by atoms with Crippen molar-refractivity contribution in [3.05, 3.63) is 44.8 Å². The van der Waals surface area contributed by atoms with Crippen molar-refractivity contribution >= 4 is 5.84 Å². The van der Waals surface area contributed by atoms with Gasteiger partial charge in [0.25, 0.3) is 0 Å². The minimum absolute atomic E-state index is 0.00694. The molecule has 0 bridgehead atoms. The van der Waals surface area contributed by atoms with Gasteiger partial charge in [-0.05, 0) is 42.5 Å². The maximum atomic E-state index is 8.75. The van der Waals surface area contributed by atoms with Crippen molar-refractivity contribution in [1.82, 2.24) is 0 Å². The minimum Gasteiger partial charge on any atom is -0.410 e. The van der Waals surface area contributed by atoms with Gasteiger partial charge in [0, 0.05) is 10.5 Å². The molecule has 1 N–H and O–H groups in total. The smallest absolute Gasteiger partial charge is 0.173 e. The van der Waals surface area contributed by atoms with Crippen molar-refractivity contribution < 1.29 is 5.21 Å². The maximum Gasteiger partial charge on any atom is 0.173 e. The first kappa shape index (κ1) is 11.1. The number of hydrogen-bond donors (Lipinski definition) is 1. The zero-order valence-electron chi connectivity index (χ0n) is 8.89. The maximum absolute atomic E-state index is 8.75. The Hall–Kier alpha value is -2.00. The summed E-state index contributed by atoms with van der Waals surface area (Å²) in [6.45, 7) is 5.74. The van der Waals surface area contributed by atoms with E-state index in [9.17, 15) is 0 Å². The highest BCUT2D eigenvalue weighted by Gasteiger charge is 2.09. The van der Waals surface area contributed by atoms with E-state index in [0.717, 1.165) is 16.7 Å². The van der Waals surface area contributed by atoms with Gasteiger partial charge < -0.3 is 5.21 Å². The minimum atomic E-state index is 0.00694. The van der Waals surface area contributed by atoms with Crippen LogP contribution in [0.4, 0.5) is 0 Å². The fraction of sp³-hybridized carbons (Fsp3) is 0.300. The molecule has 0 radical (unpaired) electrons. The SMILES string of the molecule is Cc1cc(C)c(C(N=[N+]=[N-])=NO)c(C)c1. The molecule has 0 amide bonds. The van der Waals surface area contributed by atoms with E-state index in [1.165, 1.54) is 0 Å². The number of nitrogens with zero attached hydrogens (tertiary/aromatic N) is 4. The summed E-state index contributed by atoms with van der Waals surface area (Å²) in [4.78, 5) is 2.62. The molecule has 1 rings (SSSR count). The highest BCUT2D eigenvalue weighted by atomic mass is 16.4. The number of rotatable bonds is 1. The Morgan fingerprint density at radius 2 is 1.80 bits per heavy atom. The molecule has 5 nitrogen and oxygen atoms in total. The number of hydrogen-bond acceptors (Lipinski definition) is 2. The van der Waals surface area contributed by atoms with Crippen molar-refractivity contribution in [1.29, 1.82) is 0 Å². The van der Waals surface area contributed by atoms with Crippen LogP contribution < -0.4 is 0 Å². The summed E-state index contributed by atoms with van der Waals surface area (Å²) in [5.74, 6) is 0.00694. The third-order valence-electron chi connectivity index (χ3n) is 2.13. The fourth-order valence-corrected chi connectivity index (χ4v) is 1.70. The summed E-state index contributed by atoms with van der Waals surface area (Å²) in [5.41, 5.74) is 12.0. The van der Waals surface area contributed by atoms with Crippen LogP contribution in [-0.2, 0) is 0 Å². The van der Waals surface area contributed by atoms with Crippen LogP contribution in [0.15, 0.2) is 22.4 Å². The van der Waals surface area contributed by atoms with Crippen molar-refractivity contribution in [3.63, 3.8) is 0 Å². The molecule has 0 aliphatic carbocycles. The average molecular weight is 204 g/mol. The lowest BCUT2D eigenvalue weighted by molar-refractivity contribution is 0.318. The van der Waals surface area contributed by atoms with Gasteiger partial charge in [-0.1, -0.05) is 22.9 Å². The van der Waals surface area contributed by atoms with Crippen LogP contribution in [0.2, 0.25) is 0 Å². The third kappa shape index (κ3) is 2.27. The average Bonchev–Trinajstić information content (AvgIpc) is 2.14. The van der Waals surface area contributed by atoms with Crippen LogP contribution in [0.5, 0.6) is 0 Å². The second-order valence-corrected chi connectivity index (χ2v) is 3.39. The topological polar surface area (TPSA) is 81.4 Å². The van der Waals surface area contributed by atoms with Gasteiger partial charge in [-0.25, -0.2) is 0 Å². The second kappa shape index (κ2) is 4.48. The van der Waals surface area contributed by atoms with Gasteiger partial charge in [0.1, 0.15) is 0 Å². The number of benzene rings is 1. The van der Waals surface area contributed by atoms with Gasteiger partial charge in [-0.3, -0.25) is 0 Å². The fourth-order valence-electron chi connectivity index (χ4n) is 1.70. The first-order valence-electron chi connectivity index (χ1n) is 4.45. The summed E-state index contributed by atoms with van der Waals surface area (Å²) in [5, 5.41) is 15.1. The Balaban J connectivity index is 3.43. The van der Waals surface area contributed by atoms with E-state index in [-0.39, 0.29) is 5.84 Å². The Morgan fingerprint density at radius 1 is 1.27 bits per heavy atom. The molecule has 0 aromatic heterocycles. The summed E-state index contributed by atoms with van der Waals surface area (Å²) >= 11 is 0. The highest BCUT2D eigenvalue weighted by molar-refractivity contribution is 6.01. The summed E-state index contributed by atoms with van der Waals surface area (Å²) in [6.07, 6.45) is 0. The standard InChI is InChI=1S/C10H12N4O/c1-6-4-7(2)9(8(3)5-6)10(13-15)12-14-11/h4-5,15H,1-3H3. The van der Waals surface area contributed by atoms with Crippen molar-refractivity contribution in [2.45, 2.75) is 20.8 Å². The van der Waals surface area contributed by atoms with Gasteiger partial charge in [-0.15, -0.1) is 0 Å². The number of amidine groups is 1. The van der Waals surface area contributed by atoms with E-state index in [1.54, 1.807) is 0 Å². The quantitative estimate of drug-likeness (QED) is 0.142. The van der Waals surface area contributed by atoms with Crippen molar-refractivity contribution in [3.8, 4) is 0 Å². The van der Waals surface area contributed by atoms with E-state index in [1.807, 2.05) is 32.9 Å². The van der Waals surface area contributed by atoms with E-state index in [4.69, 9.17) is 10.7 Å². The van der Waals surface area contributed by atoms with Crippen LogP contribution in [0.3, 0.4) is 0 Å². The van der Waals surface area contributed by atoms with Gasteiger partial charge in [0.15, 0.2) is 5.84 Å². The molecule has 0 spiro atoms. The third-order valence-corrected chi connectivity index (χ3v) is 2.13. The molecule has 5 heteroatoms. The van der Waals surface area contributed by atoms with Crippen LogP contribution >= 0.6 is 0 Å². The summed E-state index contributed by atoms with van der Waals surface area (Å²) in [6, 6.07) is 3.89. The van der Waals surface area contributed by atoms with Crippen molar-refractivity contribution in [2.75, 3.05) is 0 Å². The second-order valence-electron chi connectivity index (χ2n) is 3.39. The number of azide groups is 1. The molecule has 1 aromatic carbocycles. The van der Waals surface area contributed by atoms with Gasteiger partial charge in [0.05, 0.1) is 0 Å². The molecule has 0 saturated heterocycles. The normalized spacial score (nSPS) is 11.0. The van der Waals surface area contributed by atoms with Crippen molar-refractivity contribution in [2.24, 2.45) is 10.3 Å². The first-order chi connectivity index (χ1) is 7.10. The van der Waals surface area contributed by atoms with E-state index < -0.39 is 0 Å². The van der Waals surface area contributed by atoms with Gasteiger partial charge >= 0.3 is 0 Å². The monoisotopic (exact) mass is 204 g/mol. The highest BCUT2D eigenvalue weighted by Crippen LogP contribution is 2.17. The summed E-state index contributed by atoms with van der Waals surface area (Å²) < 4.78 is 0. The summed E-state index contributed by atoms with van der Waals surface area (Å²) in [7, 11) is 0. The first-order valence-corrected chi connectivity index (χ1v) is 4.45. The Labute approximate surface area is 87.7 Å². The number of oxime groups is 1. The molecular formula is C10H12N4O. The van der Waals surface area contributed by atoms with Gasteiger partial charge in [-0.2, -0.15) is 0 Å². The van der Waals surface area contributed by atoms with Gasteiger partial charge in [0.2, 0.25) is 0 Å². The van der Waals surface area contributed by atoms with Crippen LogP contribution in [-0.4, -0.2) is 11.0 Å². The molecule has 0 heterocycles. The lowest BCUT2D eigenvalue weighted by Crippen LogP contribution is -2.03. The Bertz CT molecular complexity index is 435. The molecule has 78 valence electrons. The molecule has 0 fully saturated rings. The zero-order valence-corrected chi connectivity index (χ0v) is 8.89. The molecule has 0 saturated carbocycles. The zero-order chi connectivity index (χ0) is 11.4. The molecule has 0 atom stereocenters. The molecular weight excluding hydrogens is 192 g/mol. The molecule has 0 unspecified atom stereocenters. The predicted octanol–water partition coefficient (Wildman–Crippen LogP) is 3.06. The predicted molar refractivity (Wildman–Crippen MR) is 58.1 cm³/mol. The van der Waals surface area contributed by atoms with E-state index in [0.29, 0.717) is 5.56 Å².